The predicted octanol–water partition coefficient (Wildman–Crippen LogP) is 2.87. The van der Waals surface area contributed by atoms with E-state index in [1.165, 1.54) is 4.57 Å². The highest BCUT2D eigenvalue weighted by Crippen LogP contribution is 2.17. The fourth-order valence-electron chi connectivity index (χ4n) is 3.53. The number of aryl methyl sites for hydroxylation is 2. The van der Waals surface area contributed by atoms with Gasteiger partial charge in [-0.1, -0.05) is 42.3 Å². The maximum absolute atomic E-state index is 13.4. The molecule has 2 aromatic carbocycles. The predicted molar refractivity (Wildman–Crippen MR) is 110 cm³/mol. The smallest absolute Gasteiger partial charge is 0.287 e. The summed E-state index contributed by atoms with van der Waals surface area (Å²) in [5.74, 6) is -0.383. The number of carbonyl (C=O) groups excluding carboxylic acids is 1. The van der Waals surface area contributed by atoms with E-state index in [-0.39, 0.29) is 23.6 Å². The van der Waals surface area contributed by atoms with Crippen LogP contribution in [0.2, 0.25) is 0 Å². The molecule has 0 radical (unpaired) electrons. The molecule has 0 aliphatic carbocycles. The van der Waals surface area contributed by atoms with Crippen LogP contribution in [0.25, 0.3) is 0 Å². The second kappa shape index (κ2) is 8.11. The van der Waals surface area contributed by atoms with Gasteiger partial charge in [0.05, 0.1) is 18.2 Å². The summed E-state index contributed by atoms with van der Waals surface area (Å²) in [5.41, 5.74) is 2.35. The molecule has 0 aliphatic heterocycles. The number of aromatic nitrogens is 2. The molecule has 6 nitrogen and oxygen atoms in total. The third-order valence-electron chi connectivity index (χ3n) is 4.81. The molecule has 0 atom stereocenters. The second-order valence-corrected chi connectivity index (χ2v) is 7.00. The molecule has 3 rings (SSSR count). The molecule has 1 heterocycles. The third kappa shape index (κ3) is 3.94. The number of rotatable bonds is 5. The van der Waals surface area contributed by atoms with E-state index in [1.54, 1.807) is 43.3 Å². The lowest BCUT2D eigenvalue weighted by Gasteiger charge is -2.16. The Hall–Kier alpha value is -3.72. The van der Waals surface area contributed by atoms with Gasteiger partial charge in [0.15, 0.2) is 0 Å². The number of hydrogen-bond donors (Lipinski definition) is 1. The number of nitriles is 1. The van der Waals surface area contributed by atoms with Gasteiger partial charge in [-0.15, -0.1) is 0 Å². The van der Waals surface area contributed by atoms with E-state index in [2.05, 4.69) is 11.1 Å². The highest BCUT2D eigenvalue weighted by atomic mass is 16.2. The van der Waals surface area contributed by atoms with Crippen LogP contribution in [-0.2, 0) is 13.0 Å². The zero-order valence-electron chi connectivity index (χ0n) is 16.6. The zero-order valence-corrected chi connectivity index (χ0v) is 16.6. The number of hydrogen-bond acceptors (Lipinski definition) is 4. The number of aromatic amines is 1. The van der Waals surface area contributed by atoms with E-state index in [1.807, 2.05) is 19.9 Å². The van der Waals surface area contributed by atoms with Crippen molar-refractivity contribution in [1.29, 1.82) is 5.26 Å². The molecule has 0 fully saturated rings. The van der Waals surface area contributed by atoms with Gasteiger partial charge in [-0.05, 0) is 44.0 Å². The first kappa shape index (κ1) is 20.0. The number of nitrogens with zero attached hydrogens (tertiary/aromatic N) is 2. The van der Waals surface area contributed by atoms with Crippen LogP contribution in [0.1, 0.15) is 50.8 Å². The van der Waals surface area contributed by atoms with Gasteiger partial charge in [0.25, 0.3) is 5.56 Å². The molecule has 0 bridgehead atoms. The molecule has 29 heavy (non-hydrogen) atoms. The van der Waals surface area contributed by atoms with Gasteiger partial charge >= 0.3 is 5.69 Å². The van der Waals surface area contributed by atoms with Crippen molar-refractivity contribution in [2.24, 2.45) is 0 Å². The van der Waals surface area contributed by atoms with Crippen LogP contribution < -0.4 is 11.2 Å². The third-order valence-corrected chi connectivity index (χ3v) is 4.81. The molecular formula is C23H21N3O3. The summed E-state index contributed by atoms with van der Waals surface area (Å²) in [5, 5.41) is 9.37. The van der Waals surface area contributed by atoms with Crippen LogP contribution in [0, 0.1) is 25.2 Å². The van der Waals surface area contributed by atoms with Crippen molar-refractivity contribution in [3.05, 3.63) is 102 Å². The Morgan fingerprint density at radius 3 is 2.38 bits per heavy atom. The Bertz CT molecular complexity index is 1240. The first-order chi connectivity index (χ1) is 13.8. The maximum atomic E-state index is 13.4. The van der Waals surface area contributed by atoms with Gasteiger partial charge in [0.2, 0.25) is 5.78 Å². The molecule has 0 saturated carbocycles. The largest absolute Gasteiger partial charge is 0.329 e. The summed E-state index contributed by atoms with van der Waals surface area (Å²) >= 11 is 0. The van der Waals surface area contributed by atoms with Crippen LogP contribution in [-0.4, -0.2) is 15.3 Å². The molecule has 0 unspecified atom stereocenters. The number of ketones is 1. The maximum Gasteiger partial charge on any atom is 0.329 e. The molecule has 0 aliphatic rings. The number of H-pyrrole nitrogens is 1. The highest BCUT2D eigenvalue weighted by molar-refractivity contribution is 6.09. The summed E-state index contributed by atoms with van der Waals surface area (Å²) in [6.45, 7) is 5.55. The summed E-state index contributed by atoms with van der Waals surface area (Å²) in [6.07, 6.45) is 0.293. The Labute approximate surface area is 168 Å². The number of nitrogens with one attached hydrogen (secondary N) is 1. The normalized spacial score (nSPS) is 10.6. The average Bonchev–Trinajstić information content (AvgIpc) is 2.68. The average molecular weight is 387 g/mol. The van der Waals surface area contributed by atoms with Crippen molar-refractivity contribution in [3.63, 3.8) is 0 Å². The molecular weight excluding hydrogens is 366 g/mol. The lowest BCUT2D eigenvalue weighted by atomic mass is 9.98. The summed E-state index contributed by atoms with van der Waals surface area (Å²) < 4.78 is 1.26. The van der Waals surface area contributed by atoms with E-state index in [4.69, 9.17) is 0 Å². The molecule has 6 heteroatoms. The molecule has 0 saturated heterocycles. The summed E-state index contributed by atoms with van der Waals surface area (Å²) in [7, 11) is 0. The lowest BCUT2D eigenvalue weighted by molar-refractivity contribution is 0.102. The summed E-state index contributed by atoms with van der Waals surface area (Å²) in [6, 6.07) is 14.4. The fourth-order valence-corrected chi connectivity index (χ4v) is 3.53. The monoisotopic (exact) mass is 387 g/mol. The van der Waals surface area contributed by atoms with Crippen molar-refractivity contribution >= 4 is 5.78 Å². The molecule has 1 N–H and O–H groups in total. The van der Waals surface area contributed by atoms with Crippen LogP contribution in [0.5, 0.6) is 0 Å². The minimum Gasteiger partial charge on any atom is -0.287 e. The highest BCUT2D eigenvalue weighted by Gasteiger charge is 2.22. The zero-order chi connectivity index (χ0) is 21.1. The van der Waals surface area contributed by atoms with Crippen LogP contribution >= 0.6 is 0 Å². The van der Waals surface area contributed by atoms with Gasteiger partial charge in [0, 0.05) is 11.1 Å². The number of carbonyl (C=O) groups is 1. The van der Waals surface area contributed by atoms with Crippen molar-refractivity contribution in [1.82, 2.24) is 9.55 Å². The lowest BCUT2D eigenvalue weighted by Crippen LogP contribution is -2.37. The minimum absolute atomic E-state index is 0.0121. The molecule has 0 amide bonds. The molecule has 3 aromatic rings. The standard InChI is InChI=1S/C23H21N3O3/c1-4-19-20(21(27)18-10-14(2)9-15(3)11-18)26(23(29)25-22(19)28)13-17-8-6-5-7-16(17)12-24/h5-11H,4,13H2,1-3H3,(H,25,28,29). The van der Waals surface area contributed by atoms with Crippen molar-refractivity contribution in [2.75, 3.05) is 0 Å². The Morgan fingerprint density at radius 1 is 1.10 bits per heavy atom. The Morgan fingerprint density at radius 2 is 1.76 bits per heavy atom. The van der Waals surface area contributed by atoms with E-state index in [0.29, 0.717) is 23.1 Å². The summed E-state index contributed by atoms with van der Waals surface area (Å²) in [4.78, 5) is 40.8. The quantitative estimate of drug-likeness (QED) is 0.681. The molecule has 1 aromatic heterocycles. The SMILES string of the molecule is CCc1c(C(=O)c2cc(C)cc(C)c2)n(Cc2ccccc2C#N)c(=O)[nH]c1=O. The Balaban J connectivity index is 2.27. The Kier molecular flexibility index (Phi) is 5.60. The van der Waals surface area contributed by atoms with Crippen LogP contribution in [0.3, 0.4) is 0 Å². The van der Waals surface area contributed by atoms with E-state index in [9.17, 15) is 19.6 Å². The van der Waals surface area contributed by atoms with E-state index in [0.717, 1.165) is 11.1 Å². The van der Waals surface area contributed by atoms with Gasteiger partial charge < -0.3 is 0 Å². The van der Waals surface area contributed by atoms with Gasteiger partial charge in [0.1, 0.15) is 5.69 Å². The minimum atomic E-state index is -0.673. The topological polar surface area (TPSA) is 95.7 Å². The fraction of sp³-hybridized carbons (Fsp3) is 0.217. The van der Waals surface area contributed by atoms with Crippen LogP contribution in [0.15, 0.2) is 52.1 Å². The van der Waals surface area contributed by atoms with E-state index >= 15 is 0 Å². The first-order valence-corrected chi connectivity index (χ1v) is 9.32. The molecule has 0 spiro atoms. The van der Waals surface area contributed by atoms with Crippen molar-refractivity contribution < 1.29 is 4.79 Å². The van der Waals surface area contributed by atoms with Crippen LogP contribution in [0.4, 0.5) is 0 Å². The molecule has 146 valence electrons. The van der Waals surface area contributed by atoms with Gasteiger partial charge in [-0.2, -0.15) is 5.26 Å². The first-order valence-electron chi connectivity index (χ1n) is 9.32. The number of benzene rings is 2. The van der Waals surface area contributed by atoms with Crippen molar-refractivity contribution in [2.45, 2.75) is 33.7 Å². The van der Waals surface area contributed by atoms with Crippen molar-refractivity contribution in [3.8, 4) is 6.07 Å². The van der Waals surface area contributed by atoms with E-state index < -0.39 is 11.2 Å². The second-order valence-electron chi connectivity index (χ2n) is 7.00. The van der Waals surface area contributed by atoms with Gasteiger partial charge in [-0.3, -0.25) is 19.1 Å². The van der Waals surface area contributed by atoms with Gasteiger partial charge in [-0.25, -0.2) is 4.79 Å².